The van der Waals surface area contributed by atoms with Crippen LogP contribution in [0.2, 0.25) is 0 Å². The zero-order chi connectivity index (χ0) is 26.9. The first-order chi connectivity index (χ1) is 19.1. The van der Waals surface area contributed by atoms with Crippen LogP contribution in [0.3, 0.4) is 0 Å². The lowest BCUT2D eigenvalue weighted by Crippen LogP contribution is -2.66. The van der Waals surface area contributed by atoms with Crippen molar-refractivity contribution in [1.29, 1.82) is 0 Å². The summed E-state index contributed by atoms with van der Waals surface area (Å²) in [6.07, 6.45) is 1.10. The van der Waals surface area contributed by atoms with Crippen LogP contribution in [0.25, 0.3) is 0 Å². The van der Waals surface area contributed by atoms with Gasteiger partial charge in [0.05, 0.1) is 51.5 Å². The highest BCUT2D eigenvalue weighted by atomic mass is 16.5. The third-order valence-corrected chi connectivity index (χ3v) is 8.54. The SMILES string of the molecule is COC(=O)[C@@H]1C[C@H]2C(=O)N3[C@@H](COCc4ccccc4)c4c(cccc4OC)C[C@H]3[C@@H]1N2Cc1ccccc1. The van der Waals surface area contributed by atoms with Gasteiger partial charge in [0.15, 0.2) is 0 Å². The van der Waals surface area contributed by atoms with Gasteiger partial charge in [-0.15, -0.1) is 0 Å². The molecule has 6 rings (SSSR count). The number of esters is 1. The quantitative estimate of drug-likeness (QED) is 0.411. The topological polar surface area (TPSA) is 68.3 Å². The number of hydrogen-bond acceptors (Lipinski definition) is 6. The summed E-state index contributed by atoms with van der Waals surface area (Å²) in [7, 11) is 3.10. The largest absolute Gasteiger partial charge is 0.496 e. The maximum Gasteiger partial charge on any atom is 0.310 e. The molecule has 1 amide bonds. The van der Waals surface area contributed by atoms with Crippen LogP contribution in [0.5, 0.6) is 5.75 Å². The van der Waals surface area contributed by atoms with Gasteiger partial charge in [0.25, 0.3) is 0 Å². The fraction of sp³-hybridized carbons (Fsp3) is 0.375. The fourth-order valence-corrected chi connectivity index (χ4v) is 6.90. The Morgan fingerprint density at radius 3 is 2.33 bits per heavy atom. The number of carbonyl (C=O) groups excluding carboxylic acids is 2. The van der Waals surface area contributed by atoms with Gasteiger partial charge in [-0.05, 0) is 35.6 Å². The fourth-order valence-electron chi connectivity index (χ4n) is 6.90. The Morgan fingerprint density at radius 2 is 1.64 bits per heavy atom. The first-order valence-corrected chi connectivity index (χ1v) is 13.6. The second-order valence-corrected chi connectivity index (χ2v) is 10.6. The molecule has 0 N–H and O–H groups in total. The minimum Gasteiger partial charge on any atom is -0.496 e. The van der Waals surface area contributed by atoms with Crippen molar-refractivity contribution in [3.8, 4) is 5.75 Å². The molecule has 3 aliphatic heterocycles. The van der Waals surface area contributed by atoms with Crippen LogP contribution < -0.4 is 4.74 Å². The second-order valence-electron chi connectivity index (χ2n) is 10.6. The summed E-state index contributed by atoms with van der Waals surface area (Å²) in [6.45, 7) is 1.40. The average Bonchev–Trinajstić information content (AvgIpc) is 3.29. The van der Waals surface area contributed by atoms with E-state index in [1.165, 1.54) is 7.11 Å². The Hall–Kier alpha value is -3.68. The molecule has 0 spiro atoms. The van der Waals surface area contributed by atoms with Crippen LogP contribution in [0.4, 0.5) is 0 Å². The minimum absolute atomic E-state index is 0.0449. The molecule has 39 heavy (non-hydrogen) atoms. The number of methoxy groups -OCH3 is 2. The summed E-state index contributed by atoms with van der Waals surface area (Å²) in [5.41, 5.74) is 4.34. The van der Waals surface area contributed by atoms with Gasteiger partial charge in [0, 0.05) is 18.2 Å². The number of fused-ring (bicyclic) bond motifs is 5. The van der Waals surface area contributed by atoms with Crippen molar-refractivity contribution in [2.24, 2.45) is 5.92 Å². The zero-order valence-electron chi connectivity index (χ0n) is 22.4. The summed E-state index contributed by atoms with van der Waals surface area (Å²) < 4.78 is 17.3. The van der Waals surface area contributed by atoms with Crippen molar-refractivity contribution in [3.05, 3.63) is 101 Å². The lowest BCUT2D eigenvalue weighted by atomic mass is 9.81. The number of hydrogen-bond donors (Lipinski definition) is 0. The highest BCUT2D eigenvalue weighted by Gasteiger charge is 2.60. The Bertz CT molecular complexity index is 1330. The van der Waals surface area contributed by atoms with Gasteiger partial charge in [0.2, 0.25) is 5.91 Å². The van der Waals surface area contributed by atoms with E-state index in [-0.39, 0.29) is 35.9 Å². The van der Waals surface area contributed by atoms with Crippen LogP contribution in [-0.2, 0) is 38.6 Å². The molecule has 0 saturated carbocycles. The van der Waals surface area contributed by atoms with Gasteiger partial charge in [-0.25, -0.2) is 0 Å². The van der Waals surface area contributed by atoms with E-state index < -0.39 is 6.04 Å². The van der Waals surface area contributed by atoms with Gasteiger partial charge < -0.3 is 19.1 Å². The summed E-state index contributed by atoms with van der Waals surface area (Å²) in [5, 5.41) is 0. The van der Waals surface area contributed by atoms with E-state index >= 15 is 0 Å². The average molecular weight is 527 g/mol. The normalized spacial score (nSPS) is 25.6. The van der Waals surface area contributed by atoms with Gasteiger partial charge in [-0.1, -0.05) is 72.8 Å². The lowest BCUT2D eigenvalue weighted by Gasteiger charge is -2.53. The van der Waals surface area contributed by atoms with E-state index in [1.54, 1.807) is 7.11 Å². The van der Waals surface area contributed by atoms with Crippen molar-refractivity contribution in [1.82, 2.24) is 9.80 Å². The molecule has 3 aliphatic rings. The molecule has 3 aromatic carbocycles. The summed E-state index contributed by atoms with van der Waals surface area (Å²) >= 11 is 0. The van der Waals surface area contributed by atoms with Crippen molar-refractivity contribution in [3.63, 3.8) is 0 Å². The first-order valence-electron chi connectivity index (χ1n) is 13.6. The molecule has 7 heteroatoms. The molecule has 3 aromatic rings. The van der Waals surface area contributed by atoms with Crippen LogP contribution in [0, 0.1) is 5.92 Å². The number of amides is 1. The van der Waals surface area contributed by atoms with Crippen LogP contribution in [-0.4, -0.2) is 60.6 Å². The molecule has 0 aromatic heterocycles. The Morgan fingerprint density at radius 1 is 0.923 bits per heavy atom. The number of rotatable bonds is 8. The zero-order valence-corrected chi connectivity index (χ0v) is 22.4. The van der Waals surface area contributed by atoms with E-state index in [0.29, 0.717) is 32.6 Å². The van der Waals surface area contributed by atoms with Gasteiger partial charge in [0.1, 0.15) is 5.75 Å². The molecule has 3 heterocycles. The molecule has 2 fully saturated rings. The van der Waals surface area contributed by atoms with Gasteiger partial charge >= 0.3 is 5.97 Å². The highest BCUT2D eigenvalue weighted by Crippen LogP contribution is 2.49. The Labute approximate surface area is 229 Å². The number of piperazine rings is 1. The molecule has 0 aliphatic carbocycles. The summed E-state index contributed by atoms with van der Waals surface area (Å²) in [4.78, 5) is 31.7. The third kappa shape index (κ3) is 4.60. The maximum absolute atomic E-state index is 14.4. The maximum atomic E-state index is 14.4. The molecular formula is C32H34N2O5. The Kier molecular flexibility index (Phi) is 7.11. The predicted molar refractivity (Wildman–Crippen MR) is 146 cm³/mol. The van der Waals surface area contributed by atoms with Crippen molar-refractivity contribution >= 4 is 11.9 Å². The van der Waals surface area contributed by atoms with Crippen LogP contribution >= 0.6 is 0 Å². The predicted octanol–water partition coefficient (Wildman–Crippen LogP) is 4.15. The van der Waals surface area contributed by atoms with E-state index in [1.807, 2.05) is 65.6 Å². The van der Waals surface area contributed by atoms with Gasteiger partial charge in [-0.2, -0.15) is 0 Å². The molecule has 2 bridgehead atoms. The van der Waals surface area contributed by atoms with E-state index in [2.05, 4.69) is 23.1 Å². The van der Waals surface area contributed by atoms with Crippen LogP contribution in [0.15, 0.2) is 78.9 Å². The molecule has 0 unspecified atom stereocenters. The van der Waals surface area contributed by atoms with Crippen molar-refractivity contribution in [2.45, 2.75) is 50.2 Å². The lowest BCUT2D eigenvalue weighted by molar-refractivity contribution is -0.158. The van der Waals surface area contributed by atoms with Crippen molar-refractivity contribution < 1.29 is 23.8 Å². The number of ether oxygens (including phenoxy) is 3. The first kappa shape index (κ1) is 25.6. The number of nitrogens with zero attached hydrogens (tertiary/aromatic N) is 2. The molecule has 7 nitrogen and oxygen atoms in total. The Balaban J connectivity index is 1.38. The number of benzene rings is 3. The third-order valence-electron chi connectivity index (χ3n) is 8.54. The highest BCUT2D eigenvalue weighted by molar-refractivity contribution is 5.88. The summed E-state index contributed by atoms with van der Waals surface area (Å²) in [5.74, 6) is 0.184. The summed E-state index contributed by atoms with van der Waals surface area (Å²) in [6, 6.07) is 25.2. The molecule has 0 radical (unpaired) electrons. The minimum atomic E-state index is -0.400. The van der Waals surface area contributed by atoms with E-state index in [9.17, 15) is 9.59 Å². The van der Waals surface area contributed by atoms with Crippen LogP contribution in [0.1, 0.15) is 34.7 Å². The van der Waals surface area contributed by atoms with E-state index in [4.69, 9.17) is 14.2 Å². The molecule has 2 saturated heterocycles. The molecule has 202 valence electrons. The monoisotopic (exact) mass is 526 g/mol. The standard InChI is InChI=1S/C32H34N2O5/c1-37-28-15-9-14-23-16-25-30-24(32(36)38-2)17-26(33(30)18-21-10-5-3-6-11-21)31(35)34(25)27(29(23)28)20-39-19-22-12-7-4-8-13-22/h3-15,24-27,30H,16-20H2,1-2H3/t24-,25+,26+,27+,30-/m1/s1. The van der Waals surface area contributed by atoms with Crippen molar-refractivity contribution in [2.75, 3.05) is 20.8 Å². The van der Waals surface area contributed by atoms with E-state index in [0.717, 1.165) is 28.0 Å². The number of carbonyl (C=O) groups is 2. The molecular weight excluding hydrogens is 492 g/mol. The smallest absolute Gasteiger partial charge is 0.310 e. The van der Waals surface area contributed by atoms with Gasteiger partial charge in [-0.3, -0.25) is 14.5 Å². The second kappa shape index (κ2) is 10.8. The molecule has 5 atom stereocenters.